The lowest BCUT2D eigenvalue weighted by Gasteiger charge is -2.08. The molecule has 0 saturated heterocycles. The monoisotopic (exact) mass is 239 g/mol. The predicted octanol–water partition coefficient (Wildman–Crippen LogP) is 0.607. The van der Waals surface area contributed by atoms with E-state index < -0.39 is 18.5 Å². The second-order valence-electron chi connectivity index (χ2n) is 3.11. The number of anilines is 1. The van der Waals surface area contributed by atoms with Gasteiger partial charge in [-0.1, -0.05) is 0 Å². The Morgan fingerprint density at radius 2 is 2.00 bits per heavy atom. The summed E-state index contributed by atoms with van der Waals surface area (Å²) in [5.74, 6) is -1.00. The molecule has 0 saturated carbocycles. The highest BCUT2D eigenvalue weighted by molar-refractivity contribution is 5.94. The Balaban J connectivity index is 2.80. The van der Waals surface area contributed by atoms with Crippen molar-refractivity contribution >= 4 is 17.6 Å². The highest BCUT2D eigenvalue weighted by Crippen LogP contribution is 2.21. The molecule has 0 radical (unpaired) electrons. The smallest absolute Gasteiger partial charge is 0.344 e. The molecule has 0 heterocycles. The van der Waals surface area contributed by atoms with Crippen LogP contribution in [0.1, 0.15) is 10.4 Å². The second kappa shape index (κ2) is 5.74. The van der Waals surface area contributed by atoms with Crippen molar-refractivity contribution in [1.29, 1.82) is 0 Å². The quantitative estimate of drug-likeness (QED) is 0.611. The first kappa shape index (κ1) is 12.8. The van der Waals surface area contributed by atoms with Crippen LogP contribution in [0.15, 0.2) is 18.2 Å². The van der Waals surface area contributed by atoms with Gasteiger partial charge in [0.15, 0.2) is 6.61 Å². The third kappa shape index (κ3) is 3.37. The van der Waals surface area contributed by atoms with Crippen molar-refractivity contribution in [3.63, 3.8) is 0 Å². The van der Waals surface area contributed by atoms with Gasteiger partial charge in [0.1, 0.15) is 11.3 Å². The van der Waals surface area contributed by atoms with E-state index in [1.54, 1.807) is 12.1 Å². The van der Waals surface area contributed by atoms with Gasteiger partial charge in [0, 0.05) is 5.69 Å². The molecular weight excluding hydrogens is 226 g/mol. The van der Waals surface area contributed by atoms with Crippen molar-refractivity contribution in [2.45, 2.75) is 0 Å². The molecule has 0 aromatic heterocycles. The number of esters is 2. The number of hydrogen-bond acceptors (Lipinski definition) is 6. The highest BCUT2D eigenvalue weighted by Gasteiger charge is 2.15. The molecule has 0 fully saturated rings. The minimum absolute atomic E-state index is 0.163. The number of nitrogens with two attached hydrogens (primary N) is 1. The summed E-state index contributed by atoms with van der Waals surface area (Å²) in [6.07, 6.45) is 0. The standard InChI is InChI=1S/C11H13NO5/c1-15-9-4-3-7(12)5-8(9)11(14)17-6-10(13)16-2/h3-5H,6,12H2,1-2H3. The molecule has 0 spiro atoms. The van der Waals surface area contributed by atoms with E-state index in [9.17, 15) is 9.59 Å². The van der Waals surface area contributed by atoms with Crippen molar-refractivity contribution in [1.82, 2.24) is 0 Å². The van der Waals surface area contributed by atoms with E-state index in [2.05, 4.69) is 4.74 Å². The van der Waals surface area contributed by atoms with Crippen molar-refractivity contribution in [3.8, 4) is 5.75 Å². The predicted molar refractivity (Wildman–Crippen MR) is 59.7 cm³/mol. The van der Waals surface area contributed by atoms with E-state index >= 15 is 0 Å². The molecule has 0 aliphatic heterocycles. The first-order chi connectivity index (χ1) is 8.08. The molecule has 6 nitrogen and oxygen atoms in total. The normalized spacial score (nSPS) is 9.53. The number of nitrogen functional groups attached to an aromatic ring is 1. The van der Waals surface area contributed by atoms with Crippen LogP contribution in [0.3, 0.4) is 0 Å². The topological polar surface area (TPSA) is 87.9 Å². The zero-order chi connectivity index (χ0) is 12.8. The number of carbonyl (C=O) groups excluding carboxylic acids is 2. The van der Waals surface area contributed by atoms with Gasteiger partial charge in [0.05, 0.1) is 14.2 Å². The molecule has 1 rings (SSSR count). The van der Waals surface area contributed by atoms with Crippen molar-refractivity contribution in [2.75, 3.05) is 26.6 Å². The van der Waals surface area contributed by atoms with E-state index in [-0.39, 0.29) is 5.56 Å². The molecule has 1 aromatic carbocycles. The molecule has 0 unspecified atom stereocenters. The SMILES string of the molecule is COC(=O)COC(=O)c1cc(N)ccc1OC. The summed E-state index contributed by atoms with van der Waals surface area (Å²) in [6.45, 7) is -0.451. The molecule has 0 bridgehead atoms. The summed E-state index contributed by atoms with van der Waals surface area (Å²) >= 11 is 0. The molecular formula is C11H13NO5. The van der Waals surface area contributed by atoms with Gasteiger partial charge in [0.2, 0.25) is 0 Å². The Morgan fingerprint density at radius 3 is 2.59 bits per heavy atom. The number of ether oxygens (including phenoxy) is 3. The third-order valence-electron chi connectivity index (χ3n) is 1.99. The third-order valence-corrected chi connectivity index (χ3v) is 1.99. The molecule has 1 aromatic rings. The lowest BCUT2D eigenvalue weighted by molar-refractivity contribution is -0.144. The van der Waals surface area contributed by atoms with Gasteiger partial charge in [0.25, 0.3) is 0 Å². The highest BCUT2D eigenvalue weighted by atomic mass is 16.6. The van der Waals surface area contributed by atoms with Crippen LogP contribution >= 0.6 is 0 Å². The van der Waals surface area contributed by atoms with E-state index in [4.69, 9.17) is 15.2 Å². The molecule has 0 aliphatic carbocycles. The molecule has 0 atom stereocenters. The average Bonchev–Trinajstić information content (AvgIpc) is 2.35. The van der Waals surface area contributed by atoms with Crippen LogP contribution in [0.4, 0.5) is 5.69 Å². The minimum atomic E-state index is -0.695. The summed E-state index contributed by atoms with van der Waals surface area (Å²) in [5.41, 5.74) is 6.11. The Bertz CT molecular complexity index is 430. The summed E-state index contributed by atoms with van der Waals surface area (Å²) in [6, 6.07) is 4.55. The van der Waals surface area contributed by atoms with E-state index in [0.29, 0.717) is 11.4 Å². The van der Waals surface area contributed by atoms with Gasteiger partial charge >= 0.3 is 11.9 Å². The second-order valence-corrected chi connectivity index (χ2v) is 3.11. The average molecular weight is 239 g/mol. The lowest BCUT2D eigenvalue weighted by Crippen LogP contribution is -2.15. The molecule has 0 aliphatic rings. The largest absolute Gasteiger partial charge is 0.496 e. The number of hydrogen-bond donors (Lipinski definition) is 1. The summed E-state index contributed by atoms with van der Waals surface area (Å²) in [4.78, 5) is 22.4. The Hall–Kier alpha value is -2.24. The first-order valence-electron chi connectivity index (χ1n) is 4.76. The van der Waals surface area contributed by atoms with E-state index in [1.165, 1.54) is 20.3 Å². The Morgan fingerprint density at radius 1 is 1.29 bits per heavy atom. The maximum Gasteiger partial charge on any atom is 0.344 e. The molecule has 17 heavy (non-hydrogen) atoms. The molecule has 0 amide bonds. The maximum absolute atomic E-state index is 11.6. The molecule has 2 N–H and O–H groups in total. The van der Waals surface area contributed by atoms with Crippen LogP contribution in [0.5, 0.6) is 5.75 Å². The number of methoxy groups -OCH3 is 2. The fourth-order valence-corrected chi connectivity index (χ4v) is 1.15. The maximum atomic E-state index is 11.6. The molecule has 92 valence electrons. The van der Waals surface area contributed by atoms with E-state index in [0.717, 1.165) is 0 Å². The number of benzene rings is 1. The summed E-state index contributed by atoms with van der Waals surface area (Å²) in [5, 5.41) is 0. The van der Waals surface area contributed by atoms with Crippen LogP contribution < -0.4 is 10.5 Å². The number of rotatable bonds is 4. The van der Waals surface area contributed by atoms with Gasteiger partial charge in [-0.15, -0.1) is 0 Å². The fourth-order valence-electron chi connectivity index (χ4n) is 1.15. The van der Waals surface area contributed by atoms with Crippen molar-refractivity contribution in [3.05, 3.63) is 23.8 Å². The van der Waals surface area contributed by atoms with Gasteiger partial charge in [-0.3, -0.25) is 0 Å². The lowest BCUT2D eigenvalue weighted by atomic mass is 10.2. The van der Waals surface area contributed by atoms with Crippen LogP contribution in [-0.2, 0) is 14.3 Å². The van der Waals surface area contributed by atoms with Gasteiger partial charge in [-0.05, 0) is 18.2 Å². The molecule has 6 heteroatoms. The first-order valence-corrected chi connectivity index (χ1v) is 4.76. The van der Waals surface area contributed by atoms with Crippen LogP contribution in [0.25, 0.3) is 0 Å². The van der Waals surface area contributed by atoms with Crippen LogP contribution in [0, 0.1) is 0 Å². The van der Waals surface area contributed by atoms with Gasteiger partial charge < -0.3 is 19.9 Å². The van der Waals surface area contributed by atoms with Crippen LogP contribution in [-0.4, -0.2) is 32.8 Å². The zero-order valence-corrected chi connectivity index (χ0v) is 9.56. The van der Waals surface area contributed by atoms with Crippen molar-refractivity contribution < 1.29 is 23.8 Å². The summed E-state index contributed by atoms with van der Waals surface area (Å²) < 4.78 is 14.1. The number of carbonyl (C=O) groups is 2. The van der Waals surface area contributed by atoms with Crippen molar-refractivity contribution in [2.24, 2.45) is 0 Å². The fraction of sp³-hybridized carbons (Fsp3) is 0.273. The zero-order valence-electron chi connectivity index (χ0n) is 9.56. The minimum Gasteiger partial charge on any atom is -0.496 e. The Kier molecular flexibility index (Phi) is 4.33. The van der Waals surface area contributed by atoms with E-state index in [1.807, 2.05) is 0 Å². The summed E-state index contributed by atoms with van der Waals surface area (Å²) in [7, 11) is 2.62. The van der Waals surface area contributed by atoms with Crippen LogP contribution in [0.2, 0.25) is 0 Å². The van der Waals surface area contributed by atoms with Gasteiger partial charge in [-0.2, -0.15) is 0 Å². The van der Waals surface area contributed by atoms with Gasteiger partial charge in [-0.25, -0.2) is 9.59 Å². The Labute approximate surface area is 98.3 Å².